The summed E-state index contributed by atoms with van der Waals surface area (Å²) in [6.07, 6.45) is 3.34. The maximum atomic E-state index is 12.6. The van der Waals surface area contributed by atoms with Crippen LogP contribution < -0.4 is 5.32 Å². The van der Waals surface area contributed by atoms with Gasteiger partial charge in [-0.25, -0.2) is 0 Å². The maximum absolute atomic E-state index is 12.6. The van der Waals surface area contributed by atoms with Crippen LogP contribution in [0.1, 0.15) is 24.3 Å². The van der Waals surface area contributed by atoms with Crippen molar-refractivity contribution in [3.8, 4) is 11.3 Å². The SMILES string of the molecule is CC(C)NC(=O)CN1CCN(C(=O)c2cc(-c3cccnc3)on2)CC1. The molecule has 0 aliphatic carbocycles. The minimum atomic E-state index is -0.157. The van der Waals surface area contributed by atoms with Gasteiger partial charge in [-0.05, 0) is 26.0 Å². The summed E-state index contributed by atoms with van der Waals surface area (Å²) in [5.74, 6) is 0.373. The molecule has 3 heterocycles. The van der Waals surface area contributed by atoms with Crippen LogP contribution in [0.3, 0.4) is 0 Å². The molecule has 0 bridgehead atoms. The largest absolute Gasteiger partial charge is 0.355 e. The first-order valence-corrected chi connectivity index (χ1v) is 8.71. The zero-order chi connectivity index (χ0) is 18.5. The van der Waals surface area contributed by atoms with E-state index in [2.05, 4.69) is 15.5 Å². The molecular formula is C18H23N5O3. The van der Waals surface area contributed by atoms with Crippen molar-refractivity contribution < 1.29 is 14.1 Å². The van der Waals surface area contributed by atoms with Gasteiger partial charge in [0.05, 0.1) is 6.54 Å². The van der Waals surface area contributed by atoms with Gasteiger partial charge in [0.1, 0.15) is 0 Å². The summed E-state index contributed by atoms with van der Waals surface area (Å²) in [6, 6.07) is 5.42. The van der Waals surface area contributed by atoms with E-state index in [1.807, 2.05) is 24.8 Å². The van der Waals surface area contributed by atoms with Gasteiger partial charge in [0.15, 0.2) is 11.5 Å². The van der Waals surface area contributed by atoms with Gasteiger partial charge >= 0.3 is 0 Å². The second-order valence-electron chi connectivity index (χ2n) is 6.61. The Hall–Kier alpha value is -2.74. The van der Waals surface area contributed by atoms with Crippen molar-refractivity contribution in [2.45, 2.75) is 19.9 Å². The molecule has 8 nitrogen and oxygen atoms in total. The molecule has 2 aromatic heterocycles. The number of rotatable bonds is 5. The molecule has 0 radical (unpaired) electrons. The second kappa shape index (κ2) is 8.09. The van der Waals surface area contributed by atoms with Crippen LogP contribution in [-0.4, -0.2) is 70.5 Å². The molecular weight excluding hydrogens is 334 g/mol. The summed E-state index contributed by atoms with van der Waals surface area (Å²) in [4.78, 5) is 32.3. The molecule has 138 valence electrons. The quantitative estimate of drug-likeness (QED) is 0.859. The molecule has 1 aliphatic heterocycles. The van der Waals surface area contributed by atoms with E-state index >= 15 is 0 Å². The highest BCUT2D eigenvalue weighted by Gasteiger charge is 2.25. The Morgan fingerprint density at radius 1 is 1.27 bits per heavy atom. The van der Waals surface area contributed by atoms with Crippen LogP contribution in [0, 0.1) is 0 Å². The summed E-state index contributed by atoms with van der Waals surface area (Å²) in [6.45, 7) is 6.66. The van der Waals surface area contributed by atoms with Crippen LogP contribution in [0.4, 0.5) is 0 Å². The van der Waals surface area contributed by atoms with Crippen LogP contribution in [0.25, 0.3) is 11.3 Å². The van der Waals surface area contributed by atoms with Gasteiger partial charge in [0, 0.05) is 56.2 Å². The Morgan fingerprint density at radius 2 is 2.04 bits per heavy atom. The number of pyridine rings is 1. The van der Waals surface area contributed by atoms with E-state index in [-0.39, 0.29) is 23.6 Å². The lowest BCUT2D eigenvalue weighted by Gasteiger charge is -2.34. The predicted molar refractivity (Wildman–Crippen MR) is 95.4 cm³/mol. The Bertz CT molecular complexity index is 751. The molecule has 0 aromatic carbocycles. The van der Waals surface area contributed by atoms with Crippen LogP contribution in [-0.2, 0) is 4.79 Å². The average Bonchev–Trinajstić information content (AvgIpc) is 3.12. The normalized spacial score (nSPS) is 15.3. The van der Waals surface area contributed by atoms with E-state index in [1.165, 1.54) is 0 Å². The highest BCUT2D eigenvalue weighted by Crippen LogP contribution is 2.20. The van der Waals surface area contributed by atoms with Crippen molar-refractivity contribution in [2.75, 3.05) is 32.7 Å². The van der Waals surface area contributed by atoms with Gasteiger partial charge in [0.2, 0.25) is 5.91 Å². The van der Waals surface area contributed by atoms with E-state index < -0.39 is 0 Å². The van der Waals surface area contributed by atoms with Crippen molar-refractivity contribution in [1.29, 1.82) is 0 Å². The van der Waals surface area contributed by atoms with E-state index in [0.29, 0.717) is 38.5 Å². The lowest BCUT2D eigenvalue weighted by molar-refractivity contribution is -0.123. The minimum absolute atomic E-state index is 0.0115. The number of carbonyl (C=O) groups excluding carboxylic acids is 2. The second-order valence-corrected chi connectivity index (χ2v) is 6.61. The number of hydrogen-bond acceptors (Lipinski definition) is 6. The van der Waals surface area contributed by atoms with Gasteiger partial charge in [-0.15, -0.1) is 0 Å². The molecule has 3 rings (SSSR count). The fraction of sp³-hybridized carbons (Fsp3) is 0.444. The monoisotopic (exact) mass is 357 g/mol. The van der Waals surface area contributed by atoms with Crippen molar-refractivity contribution in [3.05, 3.63) is 36.3 Å². The molecule has 8 heteroatoms. The van der Waals surface area contributed by atoms with E-state index in [1.54, 1.807) is 29.4 Å². The summed E-state index contributed by atoms with van der Waals surface area (Å²) in [5.41, 5.74) is 1.06. The van der Waals surface area contributed by atoms with Crippen molar-refractivity contribution in [3.63, 3.8) is 0 Å². The standard InChI is InChI=1S/C18H23N5O3/c1-13(2)20-17(24)12-22-6-8-23(9-7-22)18(25)15-10-16(26-21-15)14-4-3-5-19-11-14/h3-5,10-11,13H,6-9,12H2,1-2H3,(H,20,24). The first kappa shape index (κ1) is 18.1. The summed E-state index contributed by atoms with van der Waals surface area (Å²) < 4.78 is 5.27. The number of carbonyl (C=O) groups is 2. The summed E-state index contributed by atoms with van der Waals surface area (Å²) >= 11 is 0. The lowest BCUT2D eigenvalue weighted by atomic mass is 10.2. The summed E-state index contributed by atoms with van der Waals surface area (Å²) in [7, 11) is 0. The molecule has 0 saturated carbocycles. The number of aromatic nitrogens is 2. The molecule has 1 saturated heterocycles. The zero-order valence-electron chi connectivity index (χ0n) is 15.0. The van der Waals surface area contributed by atoms with Crippen LogP contribution >= 0.6 is 0 Å². The molecule has 0 atom stereocenters. The molecule has 0 unspecified atom stereocenters. The molecule has 0 spiro atoms. The Kier molecular flexibility index (Phi) is 5.62. The molecule has 2 amide bonds. The number of amides is 2. The van der Waals surface area contributed by atoms with Gasteiger partial charge in [-0.3, -0.25) is 19.5 Å². The Morgan fingerprint density at radius 3 is 2.69 bits per heavy atom. The summed E-state index contributed by atoms with van der Waals surface area (Å²) in [5, 5.41) is 6.78. The molecule has 1 fully saturated rings. The smallest absolute Gasteiger partial charge is 0.276 e. The van der Waals surface area contributed by atoms with E-state index in [4.69, 9.17) is 4.52 Å². The van der Waals surface area contributed by atoms with Crippen molar-refractivity contribution in [2.24, 2.45) is 0 Å². The van der Waals surface area contributed by atoms with Crippen LogP contribution in [0.2, 0.25) is 0 Å². The third kappa shape index (κ3) is 4.45. The minimum Gasteiger partial charge on any atom is -0.355 e. The Labute approximate surface area is 152 Å². The fourth-order valence-electron chi connectivity index (χ4n) is 2.86. The topological polar surface area (TPSA) is 91.6 Å². The zero-order valence-corrected chi connectivity index (χ0v) is 15.0. The molecule has 26 heavy (non-hydrogen) atoms. The maximum Gasteiger partial charge on any atom is 0.276 e. The highest BCUT2D eigenvalue weighted by molar-refractivity contribution is 5.93. The fourth-order valence-corrected chi connectivity index (χ4v) is 2.86. The van der Waals surface area contributed by atoms with Gasteiger partial charge in [-0.1, -0.05) is 5.16 Å². The van der Waals surface area contributed by atoms with E-state index in [9.17, 15) is 9.59 Å². The third-order valence-corrected chi connectivity index (χ3v) is 4.15. The van der Waals surface area contributed by atoms with Gasteiger partial charge in [0.25, 0.3) is 5.91 Å². The van der Waals surface area contributed by atoms with Crippen molar-refractivity contribution in [1.82, 2.24) is 25.3 Å². The van der Waals surface area contributed by atoms with Crippen molar-refractivity contribution >= 4 is 11.8 Å². The number of piperazine rings is 1. The van der Waals surface area contributed by atoms with Crippen LogP contribution in [0.15, 0.2) is 35.1 Å². The number of hydrogen-bond donors (Lipinski definition) is 1. The predicted octanol–water partition coefficient (Wildman–Crippen LogP) is 1.02. The third-order valence-electron chi connectivity index (χ3n) is 4.15. The Balaban J connectivity index is 1.54. The molecule has 1 N–H and O–H groups in total. The average molecular weight is 357 g/mol. The first-order chi connectivity index (χ1) is 12.5. The first-order valence-electron chi connectivity index (χ1n) is 8.71. The molecule has 1 aliphatic rings. The van der Waals surface area contributed by atoms with E-state index in [0.717, 1.165) is 5.56 Å². The van der Waals surface area contributed by atoms with Gasteiger partial charge < -0.3 is 14.7 Å². The highest BCUT2D eigenvalue weighted by atomic mass is 16.5. The lowest BCUT2D eigenvalue weighted by Crippen LogP contribution is -2.51. The number of nitrogens with zero attached hydrogens (tertiary/aromatic N) is 4. The number of nitrogens with one attached hydrogen (secondary N) is 1. The van der Waals surface area contributed by atoms with Crippen LogP contribution in [0.5, 0.6) is 0 Å². The van der Waals surface area contributed by atoms with Gasteiger partial charge in [-0.2, -0.15) is 0 Å². The molecule has 2 aromatic rings.